The highest BCUT2D eigenvalue weighted by atomic mass is 16.5. The first-order chi connectivity index (χ1) is 19.0. The Balaban J connectivity index is -0.000000216. The summed E-state index contributed by atoms with van der Waals surface area (Å²) in [5, 5.41) is 41.6. The zero-order chi connectivity index (χ0) is 30.2. The summed E-state index contributed by atoms with van der Waals surface area (Å²) in [5.74, 6) is 0. The second-order valence-corrected chi connectivity index (χ2v) is 7.98. The van der Waals surface area contributed by atoms with Crippen LogP contribution in [-0.2, 0) is 28.4 Å². The second-order valence-electron chi connectivity index (χ2n) is 7.98. The molecule has 0 heterocycles. The summed E-state index contributed by atoms with van der Waals surface area (Å²) < 4.78 is 30.7. The fourth-order valence-corrected chi connectivity index (χ4v) is 2.62. The van der Waals surface area contributed by atoms with E-state index in [0.29, 0.717) is 84.7 Å². The van der Waals surface area contributed by atoms with Crippen LogP contribution in [0.1, 0.15) is 73.1 Å². The molecule has 0 aliphatic heterocycles. The van der Waals surface area contributed by atoms with Crippen LogP contribution in [0.15, 0.2) is 0 Å². The minimum Gasteiger partial charge on any atom is -0.396 e. The molecule has 0 amide bonds. The number of ether oxygens (including phenoxy) is 6. The highest BCUT2D eigenvalue weighted by Crippen LogP contribution is 2.02. The normalized spacial score (nSPS) is 10.5. The van der Waals surface area contributed by atoms with Crippen molar-refractivity contribution in [1.82, 2.24) is 0 Å². The van der Waals surface area contributed by atoms with Crippen LogP contribution in [0.25, 0.3) is 0 Å². The first kappa shape index (κ1) is 45.5. The number of hydrogen-bond acceptors (Lipinski definition) is 11. The van der Waals surface area contributed by atoms with Gasteiger partial charge in [0.05, 0.1) is 78.3 Å². The Morgan fingerprint density at radius 2 is 0.769 bits per heavy atom. The quantitative estimate of drug-likeness (QED) is 0.102. The topological polar surface area (TPSA) is 157 Å². The summed E-state index contributed by atoms with van der Waals surface area (Å²) in [6.45, 7) is 16.5. The van der Waals surface area contributed by atoms with E-state index in [-0.39, 0.29) is 33.0 Å². The lowest BCUT2D eigenvalue weighted by Crippen LogP contribution is -2.14. The Morgan fingerprint density at radius 3 is 1.13 bits per heavy atom. The third kappa shape index (κ3) is 50.9. The molecule has 0 aromatic heterocycles. The molecule has 0 aromatic rings. The van der Waals surface area contributed by atoms with Gasteiger partial charge in [0.1, 0.15) is 0 Å². The molecule has 0 saturated heterocycles. The maximum Gasteiger partial charge on any atom is 0.0704 e. The average molecular weight is 577 g/mol. The van der Waals surface area contributed by atoms with Gasteiger partial charge in [-0.3, -0.25) is 0 Å². The summed E-state index contributed by atoms with van der Waals surface area (Å²) in [5.41, 5.74) is 0. The Labute approximate surface area is 238 Å². The van der Waals surface area contributed by atoms with Crippen LogP contribution in [0.2, 0.25) is 0 Å². The Kier molecular flexibility index (Phi) is 55.3. The van der Waals surface area contributed by atoms with Gasteiger partial charge in [0.15, 0.2) is 0 Å². The molecule has 0 rings (SSSR count). The van der Waals surface area contributed by atoms with E-state index >= 15 is 0 Å². The largest absolute Gasteiger partial charge is 0.396 e. The van der Waals surface area contributed by atoms with E-state index in [1.165, 1.54) is 0 Å². The number of hydrogen-bond donors (Lipinski definition) is 5. The lowest BCUT2D eigenvalue weighted by Gasteiger charge is -2.13. The molecule has 242 valence electrons. The molecule has 11 nitrogen and oxygen atoms in total. The molecule has 5 N–H and O–H groups in total. The summed E-state index contributed by atoms with van der Waals surface area (Å²) in [4.78, 5) is 0. The summed E-state index contributed by atoms with van der Waals surface area (Å²) >= 11 is 0. The van der Waals surface area contributed by atoms with Gasteiger partial charge in [0.2, 0.25) is 0 Å². The third-order valence-corrected chi connectivity index (χ3v) is 4.78. The molecule has 0 unspecified atom stereocenters. The molecule has 0 aliphatic carbocycles. The van der Waals surface area contributed by atoms with Crippen LogP contribution in [-0.4, -0.2) is 137 Å². The fraction of sp³-hybridized carbons (Fsp3) is 1.00. The van der Waals surface area contributed by atoms with Crippen LogP contribution < -0.4 is 0 Å². The van der Waals surface area contributed by atoms with Crippen LogP contribution in [0.5, 0.6) is 0 Å². The molecular formula is C28H64O11. The zero-order valence-corrected chi connectivity index (χ0v) is 25.7. The average Bonchev–Trinajstić information content (AvgIpc) is 2.97. The molecule has 0 fully saturated rings. The van der Waals surface area contributed by atoms with Crippen molar-refractivity contribution in [3.05, 3.63) is 0 Å². The van der Waals surface area contributed by atoms with Crippen molar-refractivity contribution in [2.75, 3.05) is 99.1 Å². The smallest absolute Gasteiger partial charge is 0.0704 e. The number of aliphatic hydroxyl groups excluding tert-OH is 5. The summed E-state index contributed by atoms with van der Waals surface area (Å²) in [7, 11) is 0. The van der Waals surface area contributed by atoms with Crippen molar-refractivity contribution in [3.63, 3.8) is 0 Å². The molecule has 0 aromatic carbocycles. The third-order valence-electron chi connectivity index (χ3n) is 4.78. The van der Waals surface area contributed by atoms with Crippen LogP contribution in [0, 0.1) is 0 Å². The van der Waals surface area contributed by atoms with Crippen molar-refractivity contribution in [1.29, 1.82) is 0 Å². The first-order valence-corrected chi connectivity index (χ1v) is 14.6. The SMILES string of the molecule is CCC(CC)OCCO.CCC(CC)OCCOCCCO.CCOCCO.OCCOCCCOCCO. The van der Waals surface area contributed by atoms with Crippen molar-refractivity contribution in [2.24, 2.45) is 0 Å². The maximum absolute atomic E-state index is 8.48. The van der Waals surface area contributed by atoms with Gasteiger partial charge < -0.3 is 54.0 Å². The van der Waals surface area contributed by atoms with Gasteiger partial charge in [0, 0.05) is 33.0 Å². The van der Waals surface area contributed by atoms with Crippen molar-refractivity contribution >= 4 is 0 Å². The van der Waals surface area contributed by atoms with Gasteiger partial charge in [-0.15, -0.1) is 0 Å². The van der Waals surface area contributed by atoms with Gasteiger partial charge in [0.25, 0.3) is 0 Å². The highest BCUT2D eigenvalue weighted by molar-refractivity contribution is 4.50. The van der Waals surface area contributed by atoms with Gasteiger partial charge in [-0.2, -0.15) is 0 Å². The maximum atomic E-state index is 8.48. The van der Waals surface area contributed by atoms with Gasteiger partial charge >= 0.3 is 0 Å². The Hall–Kier alpha value is -0.440. The van der Waals surface area contributed by atoms with E-state index in [9.17, 15) is 0 Å². The van der Waals surface area contributed by atoms with Crippen molar-refractivity contribution in [3.8, 4) is 0 Å². The second kappa shape index (κ2) is 47.4. The van der Waals surface area contributed by atoms with Crippen molar-refractivity contribution < 1.29 is 54.0 Å². The van der Waals surface area contributed by atoms with E-state index in [1.807, 2.05) is 6.92 Å². The lowest BCUT2D eigenvalue weighted by atomic mass is 10.2. The number of rotatable bonds is 25. The van der Waals surface area contributed by atoms with E-state index in [4.69, 9.17) is 54.0 Å². The molecule has 39 heavy (non-hydrogen) atoms. The van der Waals surface area contributed by atoms with E-state index in [0.717, 1.165) is 32.1 Å². The predicted molar refractivity (Wildman–Crippen MR) is 154 cm³/mol. The number of aliphatic hydroxyl groups is 5. The van der Waals surface area contributed by atoms with E-state index in [1.54, 1.807) is 0 Å². The summed E-state index contributed by atoms with van der Waals surface area (Å²) in [6, 6.07) is 0. The van der Waals surface area contributed by atoms with Gasteiger partial charge in [-0.25, -0.2) is 0 Å². The molecule has 0 spiro atoms. The molecule has 0 atom stereocenters. The molecule has 0 aliphatic rings. The van der Waals surface area contributed by atoms with Crippen LogP contribution in [0.4, 0.5) is 0 Å². The Bertz CT molecular complexity index is 346. The monoisotopic (exact) mass is 576 g/mol. The molecule has 0 radical (unpaired) electrons. The summed E-state index contributed by atoms with van der Waals surface area (Å²) in [6.07, 6.45) is 6.44. The minimum absolute atomic E-state index is 0.0670. The molecule has 0 bridgehead atoms. The van der Waals surface area contributed by atoms with Crippen LogP contribution in [0.3, 0.4) is 0 Å². The van der Waals surface area contributed by atoms with E-state index in [2.05, 4.69) is 27.7 Å². The fourth-order valence-electron chi connectivity index (χ4n) is 2.62. The van der Waals surface area contributed by atoms with Crippen molar-refractivity contribution in [2.45, 2.75) is 85.4 Å². The zero-order valence-electron chi connectivity index (χ0n) is 25.7. The molecule has 11 heteroatoms. The molecule has 0 saturated carbocycles. The standard InChI is InChI=1S/C10H22O3.C7H16O4.C7H16O2.C4H10O2/c1-3-10(4-2)13-9-8-12-7-5-6-11;8-2-6-10-4-1-5-11-7-3-9;1-3-7(4-2)9-6-5-8;1-2-6-4-3-5/h10-11H,3-9H2,1-2H3;8-9H,1-7H2;7-8H,3-6H2,1-2H3;5H,2-4H2,1H3. The van der Waals surface area contributed by atoms with Crippen LogP contribution >= 0.6 is 0 Å². The van der Waals surface area contributed by atoms with E-state index < -0.39 is 0 Å². The Morgan fingerprint density at radius 1 is 0.385 bits per heavy atom. The molecular weight excluding hydrogens is 512 g/mol. The lowest BCUT2D eigenvalue weighted by molar-refractivity contribution is -0.000291. The van der Waals surface area contributed by atoms with Gasteiger partial charge in [-0.05, 0) is 45.4 Å². The first-order valence-electron chi connectivity index (χ1n) is 14.6. The highest BCUT2D eigenvalue weighted by Gasteiger charge is 2.02. The minimum atomic E-state index is 0.0670. The van der Waals surface area contributed by atoms with Gasteiger partial charge in [-0.1, -0.05) is 27.7 Å². The predicted octanol–water partition coefficient (Wildman–Crippen LogP) is 2.18.